The molecule has 0 saturated heterocycles. The maximum atomic E-state index is 13.8. The zero-order valence-corrected chi connectivity index (χ0v) is 13.6. The van der Waals surface area contributed by atoms with E-state index in [1.807, 2.05) is 6.07 Å². The Morgan fingerprint density at radius 3 is 2.41 bits per heavy atom. The van der Waals surface area contributed by atoms with E-state index in [-0.39, 0.29) is 17.1 Å². The van der Waals surface area contributed by atoms with Gasteiger partial charge in [-0.15, -0.1) is 0 Å². The van der Waals surface area contributed by atoms with Gasteiger partial charge in [-0.3, -0.25) is 9.78 Å². The second-order valence-electron chi connectivity index (χ2n) is 5.42. The number of anilines is 3. The Morgan fingerprint density at radius 2 is 1.70 bits per heavy atom. The molecule has 0 unspecified atom stereocenters. The SMILES string of the molecule is N#Cc1ccc(NC(=O)c2cc(Nc3ccc(F)c(F)c3F)ccn2)cc1. The number of carbonyl (C=O) groups excluding carboxylic acids is 1. The van der Waals surface area contributed by atoms with Gasteiger partial charge in [-0.05, 0) is 48.5 Å². The molecule has 0 aliphatic heterocycles. The van der Waals surface area contributed by atoms with Gasteiger partial charge in [-0.1, -0.05) is 0 Å². The molecule has 0 aliphatic carbocycles. The fourth-order valence-electron chi connectivity index (χ4n) is 2.23. The van der Waals surface area contributed by atoms with Crippen molar-refractivity contribution in [1.29, 1.82) is 5.26 Å². The molecule has 0 atom stereocenters. The molecule has 2 aromatic carbocycles. The summed E-state index contributed by atoms with van der Waals surface area (Å²) in [5, 5.41) is 13.9. The quantitative estimate of drug-likeness (QED) is 0.671. The highest BCUT2D eigenvalue weighted by Gasteiger charge is 2.14. The van der Waals surface area contributed by atoms with Crippen molar-refractivity contribution in [3.05, 3.63) is 83.4 Å². The number of nitrogens with zero attached hydrogens (tertiary/aromatic N) is 2. The molecule has 3 rings (SSSR count). The number of pyridine rings is 1. The third kappa shape index (κ3) is 4.04. The molecule has 8 heteroatoms. The van der Waals surface area contributed by atoms with Gasteiger partial charge in [0.25, 0.3) is 5.91 Å². The Labute approximate surface area is 152 Å². The van der Waals surface area contributed by atoms with Crippen molar-refractivity contribution in [2.24, 2.45) is 0 Å². The topological polar surface area (TPSA) is 77.8 Å². The molecule has 0 bridgehead atoms. The lowest BCUT2D eigenvalue weighted by Crippen LogP contribution is -2.13. The standard InChI is InChI=1S/C19H11F3N4O/c20-14-5-6-15(18(22)17(14)21)25-13-7-8-24-16(9-13)19(27)26-12-3-1-11(10-23)2-4-12/h1-9H,(H,24,25)(H,26,27). The van der Waals surface area contributed by atoms with Crippen LogP contribution in [0.2, 0.25) is 0 Å². The van der Waals surface area contributed by atoms with Crippen molar-refractivity contribution < 1.29 is 18.0 Å². The highest BCUT2D eigenvalue weighted by molar-refractivity contribution is 6.03. The zero-order chi connectivity index (χ0) is 19.4. The normalized spacial score (nSPS) is 10.1. The summed E-state index contributed by atoms with van der Waals surface area (Å²) in [4.78, 5) is 16.2. The van der Waals surface area contributed by atoms with Gasteiger partial charge in [0.05, 0.1) is 17.3 Å². The minimum absolute atomic E-state index is 0.0207. The van der Waals surface area contributed by atoms with Crippen molar-refractivity contribution >= 4 is 23.0 Å². The zero-order valence-electron chi connectivity index (χ0n) is 13.6. The van der Waals surface area contributed by atoms with Crippen LogP contribution in [-0.4, -0.2) is 10.9 Å². The second kappa shape index (κ2) is 7.58. The molecule has 2 N–H and O–H groups in total. The van der Waals surface area contributed by atoms with Crippen molar-refractivity contribution in [3.8, 4) is 6.07 Å². The summed E-state index contributed by atoms with van der Waals surface area (Å²) in [5.74, 6) is -4.78. The average molecular weight is 368 g/mol. The second-order valence-corrected chi connectivity index (χ2v) is 5.42. The summed E-state index contributed by atoms with van der Waals surface area (Å²) in [6, 6.07) is 12.8. The Hall–Kier alpha value is -3.86. The monoisotopic (exact) mass is 368 g/mol. The van der Waals surface area contributed by atoms with Crippen LogP contribution in [0.4, 0.5) is 30.2 Å². The van der Waals surface area contributed by atoms with E-state index in [4.69, 9.17) is 5.26 Å². The van der Waals surface area contributed by atoms with Gasteiger partial charge in [-0.25, -0.2) is 13.2 Å². The predicted octanol–water partition coefficient (Wildman–Crippen LogP) is 4.37. The van der Waals surface area contributed by atoms with Crippen LogP contribution in [0.25, 0.3) is 0 Å². The summed E-state index contributed by atoms with van der Waals surface area (Å²) >= 11 is 0. The number of nitrogens with one attached hydrogen (secondary N) is 2. The molecule has 0 saturated carbocycles. The molecule has 0 radical (unpaired) electrons. The van der Waals surface area contributed by atoms with Crippen molar-refractivity contribution in [1.82, 2.24) is 4.98 Å². The van der Waals surface area contributed by atoms with Crippen LogP contribution in [-0.2, 0) is 0 Å². The van der Waals surface area contributed by atoms with Crippen LogP contribution in [0.3, 0.4) is 0 Å². The molecule has 1 heterocycles. The molecule has 0 spiro atoms. The first-order valence-electron chi connectivity index (χ1n) is 7.66. The predicted molar refractivity (Wildman–Crippen MR) is 92.9 cm³/mol. The lowest BCUT2D eigenvalue weighted by atomic mass is 10.2. The number of nitriles is 1. The van der Waals surface area contributed by atoms with Gasteiger partial charge in [0.1, 0.15) is 5.69 Å². The molecule has 3 aromatic rings. The van der Waals surface area contributed by atoms with E-state index < -0.39 is 23.4 Å². The van der Waals surface area contributed by atoms with Crippen molar-refractivity contribution in [2.75, 3.05) is 10.6 Å². The summed E-state index contributed by atoms with van der Waals surface area (Å²) in [7, 11) is 0. The van der Waals surface area contributed by atoms with E-state index in [1.54, 1.807) is 24.3 Å². The highest BCUT2D eigenvalue weighted by Crippen LogP contribution is 2.24. The number of amides is 1. The fourth-order valence-corrected chi connectivity index (χ4v) is 2.23. The van der Waals surface area contributed by atoms with Gasteiger partial charge in [0.2, 0.25) is 0 Å². The Morgan fingerprint density at radius 1 is 0.963 bits per heavy atom. The van der Waals surface area contributed by atoms with Crippen LogP contribution < -0.4 is 10.6 Å². The molecule has 134 valence electrons. The molecule has 0 aliphatic rings. The third-order valence-electron chi connectivity index (χ3n) is 3.58. The van der Waals surface area contributed by atoms with Gasteiger partial charge in [0, 0.05) is 17.6 Å². The molecule has 1 amide bonds. The molecule has 1 aromatic heterocycles. The van der Waals surface area contributed by atoms with Gasteiger partial charge < -0.3 is 10.6 Å². The Kier molecular flexibility index (Phi) is 5.04. The van der Waals surface area contributed by atoms with E-state index in [0.29, 0.717) is 11.3 Å². The van der Waals surface area contributed by atoms with Crippen LogP contribution >= 0.6 is 0 Å². The first-order chi connectivity index (χ1) is 13.0. The number of hydrogen-bond donors (Lipinski definition) is 2. The Bertz CT molecular complexity index is 1050. The van der Waals surface area contributed by atoms with Gasteiger partial charge in [-0.2, -0.15) is 5.26 Å². The van der Waals surface area contributed by atoms with Crippen molar-refractivity contribution in [2.45, 2.75) is 0 Å². The third-order valence-corrected chi connectivity index (χ3v) is 3.58. The molecule has 0 fully saturated rings. The Balaban J connectivity index is 1.77. The number of hydrogen-bond acceptors (Lipinski definition) is 4. The smallest absolute Gasteiger partial charge is 0.274 e. The number of benzene rings is 2. The lowest BCUT2D eigenvalue weighted by Gasteiger charge is -2.10. The lowest BCUT2D eigenvalue weighted by molar-refractivity contribution is 0.102. The van der Waals surface area contributed by atoms with E-state index in [9.17, 15) is 18.0 Å². The average Bonchev–Trinajstić information content (AvgIpc) is 2.69. The number of halogens is 3. The maximum absolute atomic E-state index is 13.8. The van der Waals surface area contributed by atoms with Crippen LogP contribution in [0.5, 0.6) is 0 Å². The van der Waals surface area contributed by atoms with Crippen LogP contribution in [0.1, 0.15) is 16.1 Å². The van der Waals surface area contributed by atoms with Gasteiger partial charge >= 0.3 is 0 Å². The van der Waals surface area contributed by atoms with E-state index in [0.717, 1.165) is 12.1 Å². The van der Waals surface area contributed by atoms with Crippen LogP contribution in [0, 0.1) is 28.8 Å². The molecular formula is C19H11F3N4O. The van der Waals surface area contributed by atoms with E-state index in [1.165, 1.54) is 18.3 Å². The largest absolute Gasteiger partial charge is 0.353 e. The van der Waals surface area contributed by atoms with Crippen molar-refractivity contribution in [3.63, 3.8) is 0 Å². The number of rotatable bonds is 4. The van der Waals surface area contributed by atoms with E-state index >= 15 is 0 Å². The first kappa shape index (κ1) is 17.9. The molecular weight excluding hydrogens is 357 g/mol. The maximum Gasteiger partial charge on any atom is 0.274 e. The van der Waals surface area contributed by atoms with Crippen LogP contribution in [0.15, 0.2) is 54.7 Å². The summed E-state index contributed by atoms with van der Waals surface area (Å²) in [5.41, 5.74) is 0.919. The highest BCUT2D eigenvalue weighted by atomic mass is 19.2. The van der Waals surface area contributed by atoms with Gasteiger partial charge in [0.15, 0.2) is 17.5 Å². The fraction of sp³-hybridized carbons (Fsp3) is 0. The number of aromatic nitrogens is 1. The minimum atomic E-state index is -1.59. The van der Waals surface area contributed by atoms with E-state index in [2.05, 4.69) is 15.6 Å². The summed E-state index contributed by atoms with van der Waals surface area (Å²) in [6.45, 7) is 0. The minimum Gasteiger partial charge on any atom is -0.353 e. The first-order valence-corrected chi connectivity index (χ1v) is 7.66. The number of carbonyl (C=O) groups is 1. The summed E-state index contributed by atoms with van der Waals surface area (Å²) in [6.07, 6.45) is 1.31. The summed E-state index contributed by atoms with van der Waals surface area (Å²) < 4.78 is 40.1. The molecule has 5 nitrogen and oxygen atoms in total. The molecule has 27 heavy (non-hydrogen) atoms.